The van der Waals surface area contributed by atoms with E-state index in [4.69, 9.17) is 14.2 Å². The number of phenols is 1. The van der Waals surface area contributed by atoms with E-state index in [9.17, 15) is 5.11 Å². The highest BCUT2D eigenvalue weighted by Crippen LogP contribution is 2.41. The fourth-order valence-electron chi connectivity index (χ4n) is 5.04. The maximum absolute atomic E-state index is 9.73. The average molecular weight is 443 g/mol. The third-order valence-corrected chi connectivity index (χ3v) is 6.74. The van der Waals surface area contributed by atoms with Gasteiger partial charge in [-0.05, 0) is 75.1 Å². The Morgan fingerprint density at radius 2 is 1.79 bits per heavy atom. The number of nitrogens with one attached hydrogen (secondary N) is 1. The van der Waals surface area contributed by atoms with Crippen molar-refractivity contribution >= 4 is 21.5 Å². The molecule has 2 N–H and O–H groups in total. The van der Waals surface area contributed by atoms with Crippen LogP contribution in [0.25, 0.3) is 21.5 Å². The molecule has 6 rings (SSSR count). The molecule has 0 radical (unpaired) electrons. The molecule has 0 aromatic heterocycles. The van der Waals surface area contributed by atoms with Crippen molar-refractivity contribution in [3.05, 3.63) is 71.8 Å². The molecule has 1 atom stereocenters. The number of hydrogen-bond donors (Lipinski definition) is 2. The summed E-state index contributed by atoms with van der Waals surface area (Å²) in [4.78, 5) is 2.51. The number of piperazine rings is 1. The molecule has 0 aliphatic carbocycles. The van der Waals surface area contributed by atoms with Crippen LogP contribution >= 0.6 is 0 Å². The minimum Gasteiger partial charge on any atom is -0.508 e. The minimum atomic E-state index is 0.236. The Morgan fingerprint density at radius 1 is 0.970 bits per heavy atom. The van der Waals surface area contributed by atoms with E-state index in [1.54, 1.807) is 19.2 Å². The first kappa shape index (κ1) is 20.1. The van der Waals surface area contributed by atoms with Crippen LogP contribution in [-0.4, -0.2) is 43.5 Å². The molecule has 6 nitrogen and oxygen atoms in total. The SMILES string of the molecule is COc1ccc2c(CN3CCNCC3c3ccc(O)cc3)cc3cc4c(cc3c2c1)OCO4. The van der Waals surface area contributed by atoms with Gasteiger partial charge in [0, 0.05) is 32.2 Å². The van der Waals surface area contributed by atoms with Crippen LogP contribution in [0.2, 0.25) is 0 Å². The number of phenolic OH excluding ortho intramolecular Hbond substituents is 1. The van der Waals surface area contributed by atoms with Crippen LogP contribution < -0.4 is 19.5 Å². The van der Waals surface area contributed by atoms with Gasteiger partial charge in [-0.15, -0.1) is 0 Å². The van der Waals surface area contributed by atoms with Crippen molar-refractivity contribution in [2.24, 2.45) is 0 Å². The molecule has 0 saturated carbocycles. The third-order valence-electron chi connectivity index (χ3n) is 6.74. The van der Waals surface area contributed by atoms with E-state index in [0.717, 1.165) is 59.6 Å². The zero-order chi connectivity index (χ0) is 22.4. The van der Waals surface area contributed by atoms with E-state index in [1.165, 1.54) is 16.5 Å². The average Bonchev–Trinajstić information content (AvgIpc) is 3.31. The highest BCUT2D eigenvalue weighted by molar-refractivity contribution is 6.10. The Morgan fingerprint density at radius 3 is 2.61 bits per heavy atom. The lowest BCUT2D eigenvalue weighted by atomic mass is 9.95. The van der Waals surface area contributed by atoms with Gasteiger partial charge in [-0.25, -0.2) is 0 Å². The summed E-state index contributed by atoms with van der Waals surface area (Å²) in [5.41, 5.74) is 2.47. The second kappa shape index (κ2) is 8.14. The molecule has 1 saturated heterocycles. The van der Waals surface area contributed by atoms with Gasteiger partial charge in [-0.1, -0.05) is 18.2 Å². The van der Waals surface area contributed by atoms with Gasteiger partial charge in [-0.2, -0.15) is 0 Å². The number of hydrogen-bond acceptors (Lipinski definition) is 6. The molecule has 6 heteroatoms. The Bertz CT molecular complexity index is 1340. The summed E-state index contributed by atoms with van der Waals surface area (Å²) in [5, 5.41) is 17.9. The molecule has 4 aromatic rings. The van der Waals surface area contributed by atoms with Crippen molar-refractivity contribution in [3.8, 4) is 23.0 Å². The number of fused-ring (bicyclic) bond motifs is 4. The molecule has 2 heterocycles. The van der Waals surface area contributed by atoms with Gasteiger partial charge in [0.15, 0.2) is 11.5 Å². The molecule has 168 valence electrons. The van der Waals surface area contributed by atoms with Crippen LogP contribution in [0.1, 0.15) is 17.2 Å². The molecular weight excluding hydrogens is 416 g/mol. The van der Waals surface area contributed by atoms with Crippen molar-refractivity contribution < 1.29 is 19.3 Å². The number of ether oxygens (including phenoxy) is 3. The number of aromatic hydroxyl groups is 1. The lowest BCUT2D eigenvalue weighted by Gasteiger charge is -2.37. The van der Waals surface area contributed by atoms with E-state index in [-0.39, 0.29) is 12.8 Å². The quantitative estimate of drug-likeness (QED) is 0.451. The molecule has 1 fully saturated rings. The Hall–Kier alpha value is -3.48. The first-order valence-corrected chi connectivity index (χ1v) is 11.3. The molecule has 0 bridgehead atoms. The Labute approximate surface area is 192 Å². The predicted molar refractivity (Wildman–Crippen MR) is 128 cm³/mol. The lowest BCUT2D eigenvalue weighted by Crippen LogP contribution is -2.45. The summed E-state index contributed by atoms with van der Waals surface area (Å²) < 4.78 is 16.8. The monoisotopic (exact) mass is 442 g/mol. The zero-order valence-corrected chi connectivity index (χ0v) is 18.5. The molecule has 2 aliphatic heterocycles. The topological polar surface area (TPSA) is 63.2 Å². The maximum Gasteiger partial charge on any atom is 0.231 e. The standard InChI is InChI=1S/C27H26N2O4/c1-31-21-6-7-22-19(10-18-11-26-27(33-16-32-26)13-23(18)24(22)12-21)15-29-9-8-28-14-25(29)17-2-4-20(30)5-3-17/h2-7,10-13,25,28,30H,8-9,14-16H2,1H3. The van der Waals surface area contributed by atoms with Crippen LogP contribution in [0.3, 0.4) is 0 Å². The van der Waals surface area contributed by atoms with Crippen LogP contribution in [0, 0.1) is 0 Å². The smallest absolute Gasteiger partial charge is 0.231 e. The van der Waals surface area contributed by atoms with E-state index < -0.39 is 0 Å². The van der Waals surface area contributed by atoms with Crippen molar-refractivity contribution in [2.45, 2.75) is 12.6 Å². The van der Waals surface area contributed by atoms with Gasteiger partial charge in [0.25, 0.3) is 0 Å². The summed E-state index contributed by atoms with van der Waals surface area (Å²) in [7, 11) is 1.70. The number of methoxy groups -OCH3 is 1. The van der Waals surface area contributed by atoms with Crippen molar-refractivity contribution in [1.29, 1.82) is 0 Å². The van der Waals surface area contributed by atoms with Gasteiger partial charge >= 0.3 is 0 Å². The molecule has 4 aromatic carbocycles. The first-order valence-electron chi connectivity index (χ1n) is 11.3. The highest BCUT2D eigenvalue weighted by Gasteiger charge is 2.25. The van der Waals surface area contributed by atoms with Gasteiger partial charge in [0.05, 0.1) is 7.11 Å². The Balaban J connectivity index is 1.46. The summed E-state index contributed by atoms with van der Waals surface area (Å²) in [6.07, 6.45) is 0. The third kappa shape index (κ3) is 3.61. The van der Waals surface area contributed by atoms with Crippen molar-refractivity contribution in [1.82, 2.24) is 10.2 Å². The van der Waals surface area contributed by atoms with Gasteiger partial charge in [-0.3, -0.25) is 4.90 Å². The van der Waals surface area contributed by atoms with E-state index in [2.05, 4.69) is 40.5 Å². The fraction of sp³-hybridized carbons (Fsp3) is 0.259. The zero-order valence-electron chi connectivity index (χ0n) is 18.5. The lowest BCUT2D eigenvalue weighted by molar-refractivity contribution is 0.154. The summed E-state index contributed by atoms with van der Waals surface area (Å²) in [6, 6.07) is 20.5. The molecule has 0 amide bonds. The number of benzene rings is 4. The van der Waals surface area contributed by atoms with Crippen molar-refractivity contribution in [3.63, 3.8) is 0 Å². The fourth-order valence-corrected chi connectivity index (χ4v) is 5.04. The highest BCUT2D eigenvalue weighted by atomic mass is 16.7. The van der Waals surface area contributed by atoms with Crippen molar-refractivity contribution in [2.75, 3.05) is 33.5 Å². The summed E-state index contributed by atoms with van der Waals surface area (Å²) in [5.74, 6) is 2.71. The molecular formula is C27H26N2O4. The molecule has 1 unspecified atom stereocenters. The molecule has 2 aliphatic rings. The Kier molecular flexibility index (Phi) is 4.97. The van der Waals surface area contributed by atoms with Crippen LogP contribution in [0.4, 0.5) is 0 Å². The molecule has 0 spiro atoms. The van der Waals surface area contributed by atoms with Crippen LogP contribution in [-0.2, 0) is 6.54 Å². The summed E-state index contributed by atoms with van der Waals surface area (Å²) >= 11 is 0. The van der Waals surface area contributed by atoms with Gasteiger partial charge < -0.3 is 24.6 Å². The van der Waals surface area contributed by atoms with E-state index in [1.807, 2.05) is 18.2 Å². The van der Waals surface area contributed by atoms with Gasteiger partial charge in [0.2, 0.25) is 6.79 Å². The largest absolute Gasteiger partial charge is 0.508 e. The van der Waals surface area contributed by atoms with E-state index in [0.29, 0.717) is 5.75 Å². The minimum absolute atomic E-state index is 0.236. The molecule has 33 heavy (non-hydrogen) atoms. The van der Waals surface area contributed by atoms with Crippen LogP contribution in [0.15, 0.2) is 60.7 Å². The van der Waals surface area contributed by atoms with Gasteiger partial charge in [0.1, 0.15) is 11.5 Å². The maximum atomic E-state index is 9.73. The number of rotatable bonds is 4. The normalized spacial score (nSPS) is 18.2. The predicted octanol–water partition coefficient (Wildman–Crippen LogP) is 4.58. The number of nitrogens with zero attached hydrogens (tertiary/aromatic N) is 1. The van der Waals surface area contributed by atoms with Crippen LogP contribution in [0.5, 0.6) is 23.0 Å². The van der Waals surface area contributed by atoms with E-state index >= 15 is 0 Å². The second-order valence-corrected chi connectivity index (χ2v) is 8.66. The first-order chi connectivity index (χ1) is 16.2. The second-order valence-electron chi connectivity index (χ2n) is 8.66. The summed E-state index contributed by atoms with van der Waals surface area (Å²) in [6.45, 7) is 3.85.